The first kappa shape index (κ1) is 20.3. The molecule has 1 aromatic rings. The van der Waals surface area contributed by atoms with E-state index in [1.807, 2.05) is 14.0 Å². The van der Waals surface area contributed by atoms with Gasteiger partial charge in [-0.2, -0.15) is 8.78 Å². The van der Waals surface area contributed by atoms with Gasteiger partial charge in [0.15, 0.2) is 5.96 Å². The van der Waals surface area contributed by atoms with E-state index in [1.165, 1.54) is 12.4 Å². The van der Waals surface area contributed by atoms with Crippen LogP contribution in [0.2, 0.25) is 0 Å². The Morgan fingerprint density at radius 1 is 1.42 bits per heavy atom. The van der Waals surface area contributed by atoms with Crippen molar-refractivity contribution in [1.29, 1.82) is 0 Å². The van der Waals surface area contributed by atoms with E-state index in [4.69, 9.17) is 4.74 Å². The van der Waals surface area contributed by atoms with Gasteiger partial charge in [-0.3, -0.25) is 4.57 Å². The van der Waals surface area contributed by atoms with Crippen molar-refractivity contribution in [2.75, 3.05) is 46.9 Å². The number of guanidine groups is 1. The van der Waals surface area contributed by atoms with Gasteiger partial charge in [0.25, 0.3) is 0 Å². The van der Waals surface area contributed by atoms with Crippen LogP contribution in [0.4, 0.5) is 8.78 Å². The molecule has 1 rings (SSSR count). The van der Waals surface area contributed by atoms with Crippen LogP contribution >= 0.6 is 0 Å². The summed E-state index contributed by atoms with van der Waals surface area (Å²) in [6.45, 7) is 3.39. The summed E-state index contributed by atoms with van der Waals surface area (Å²) in [5.74, 6) is 0.825. The van der Waals surface area contributed by atoms with Crippen LogP contribution in [0.3, 0.4) is 0 Å². The molecule has 0 bridgehead atoms. The van der Waals surface area contributed by atoms with Crippen molar-refractivity contribution in [3.8, 4) is 0 Å². The number of nitrogens with one attached hydrogen (secondary N) is 2. The fourth-order valence-electron chi connectivity index (χ4n) is 2.09. The number of alkyl halides is 2. The molecule has 0 aliphatic heterocycles. The van der Waals surface area contributed by atoms with Gasteiger partial charge in [-0.1, -0.05) is 0 Å². The number of ether oxygens (including phenoxy) is 1. The largest absolute Gasteiger partial charge is 0.385 e. The molecule has 0 unspecified atom stereocenters. The van der Waals surface area contributed by atoms with Gasteiger partial charge in [0, 0.05) is 52.3 Å². The number of rotatable bonds is 11. The minimum absolute atomic E-state index is 0.0936. The highest BCUT2D eigenvalue weighted by molar-refractivity contribution is 5.79. The van der Waals surface area contributed by atoms with Gasteiger partial charge < -0.3 is 20.3 Å². The average Bonchev–Trinajstić information content (AvgIpc) is 3.01. The maximum atomic E-state index is 12.8. The highest BCUT2D eigenvalue weighted by Gasteiger charge is 2.10. The molecule has 1 aromatic heterocycles. The van der Waals surface area contributed by atoms with E-state index in [-0.39, 0.29) is 12.4 Å². The van der Waals surface area contributed by atoms with E-state index in [2.05, 4.69) is 25.5 Å². The Morgan fingerprint density at radius 2 is 2.21 bits per heavy atom. The maximum absolute atomic E-state index is 12.8. The Bertz CT molecular complexity index is 480. The van der Waals surface area contributed by atoms with Gasteiger partial charge in [0.05, 0.1) is 0 Å². The van der Waals surface area contributed by atoms with Crippen molar-refractivity contribution in [2.24, 2.45) is 4.99 Å². The number of methoxy groups -OCH3 is 1. The van der Waals surface area contributed by atoms with E-state index < -0.39 is 6.55 Å². The molecule has 0 amide bonds. The number of halogens is 2. The minimum atomic E-state index is -2.60. The SMILES string of the molecule is CCNC(=NCc1nccn1C(F)F)NCCN(C)CCCOC. The second kappa shape index (κ2) is 11.7. The first-order chi connectivity index (χ1) is 11.6. The Labute approximate surface area is 142 Å². The van der Waals surface area contributed by atoms with Crippen LogP contribution in [0.1, 0.15) is 25.7 Å². The highest BCUT2D eigenvalue weighted by atomic mass is 19.3. The normalized spacial score (nSPS) is 12.2. The summed E-state index contributed by atoms with van der Waals surface area (Å²) in [4.78, 5) is 10.4. The molecule has 7 nitrogen and oxygen atoms in total. The van der Waals surface area contributed by atoms with Crippen LogP contribution in [0.15, 0.2) is 17.4 Å². The molecule has 24 heavy (non-hydrogen) atoms. The first-order valence-electron chi connectivity index (χ1n) is 8.08. The Morgan fingerprint density at radius 3 is 2.88 bits per heavy atom. The zero-order valence-corrected chi connectivity index (χ0v) is 14.6. The van der Waals surface area contributed by atoms with Crippen LogP contribution in [0, 0.1) is 0 Å². The summed E-state index contributed by atoms with van der Waals surface area (Å²) in [6.07, 6.45) is 3.59. The molecular formula is C15H28F2N6O. The van der Waals surface area contributed by atoms with Gasteiger partial charge in [-0.15, -0.1) is 0 Å². The summed E-state index contributed by atoms with van der Waals surface area (Å²) in [5.41, 5.74) is 0. The number of nitrogens with zero attached hydrogens (tertiary/aromatic N) is 4. The molecule has 0 fully saturated rings. The molecule has 0 atom stereocenters. The summed E-state index contributed by atoms with van der Waals surface area (Å²) >= 11 is 0. The lowest BCUT2D eigenvalue weighted by atomic mass is 10.4. The van der Waals surface area contributed by atoms with Crippen molar-refractivity contribution in [3.63, 3.8) is 0 Å². The lowest BCUT2D eigenvalue weighted by Crippen LogP contribution is -2.41. The van der Waals surface area contributed by atoms with Crippen molar-refractivity contribution in [2.45, 2.75) is 26.4 Å². The zero-order valence-electron chi connectivity index (χ0n) is 14.6. The molecule has 0 saturated heterocycles. The predicted octanol–water partition coefficient (Wildman–Crippen LogP) is 1.30. The van der Waals surface area contributed by atoms with Crippen LogP contribution in [0.5, 0.6) is 0 Å². The third kappa shape index (κ3) is 7.69. The molecule has 0 saturated carbocycles. The fraction of sp³-hybridized carbons (Fsp3) is 0.733. The Kier molecular flexibility index (Phi) is 9.94. The number of aromatic nitrogens is 2. The summed E-state index contributed by atoms with van der Waals surface area (Å²) < 4.78 is 31.4. The molecule has 9 heteroatoms. The molecule has 1 heterocycles. The monoisotopic (exact) mass is 346 g/mol. The molecule has 0 spiro atoms. The second-order valence-electron chi connectivity index (χ2n) is 5.30. The van der Waals surface area contributed by atoms with E-state index >= 15 is 0 Å². The van der Waals surface area contributed by atoms with Gasteiger partial charge in [-0.05, 0) is 20.4 Å². The lowest BCUT2D eigenvalue weighted by Gasteiger charge is -2.18. The molecule has 0 aliphatic rings. The van der Waals surface area contributed by atoms with Gasteiger partial charge in [0.1, 0.15) is 12.4 Å². The average molecular weight is 346 g/mol. The van der Waals surface area contributed by atoms with Crippen molar-refractivity contribution >= 4 is 5.96 Å². The third-order valence-corrected chi connectivity index (χ3v) is 3.36. The molecule has 0 radical (unpaired) electrons. The van der Waals surface area contributed by atoms with Crippen molar-refractivity contribution < 1.29 is 13.5 Å². The third-order valence-electron chi connectivity index (χ3n) is 3.36. The molecule has 0 aromatic carbocycles. The van der Waals surface area contributed by atoms with E-state index in [1.54, 1.807) is 7.11 Å². The van der Waals surface area contributed by atoms with E-state index in [0.717, 1.165) is 30.7 Å². The van der Waals surface area contributed by atoms with Crippen molar-refractivity contribution in [1.82, 2.24) is 25.1 Å². The number of likely N-dealkylation sites (N-methyl/N-ethyl adjacent to an activating group) is 1. The number of hydrogen-bond donors (Lipinski definition) is 2. The van der Waals surface area contributed by atoms with Crippen LogP contribution in [0.25, 0.3) is 0 Å². The number of imidazole rings is 1. The maximum Gasteiger partial charge on any atom is 0.319 e. The topological polar surface area (TPSA) is 66.7 Å². The standard InChI is InChI=1S/C15H28F2N6O/c1-4-18-15(20-6-9-22(2)8-5-11-24-3)21-12-13-19-7-10-23(13)14(16)17/h7,10,14H,4-6,8-9,11-12H2,1-3H3,(H2,18,20,21). The molecular weight excluding hydrogens is 318 g/mol. The van der Waals surface area contributed by atoms with Crippen molar-refractivity contribution in [3.05, 3.63) is 18.2 Å². The molecule has 138 valence electrons. The Hall–Kier alpha value is -1.74. The van der Waals surface area contributed by atoms with E-state index in [0.29, 0.717) is 19.0 Å². The minimum Gasteiger partial charge on any atom is -0.385 e. The number of hydrogen-bond acceptors (Lipinski definition) is 4. The predicted molar refractivity (Wildman–Crippen MR) is 90.3 cm³/mol. The van der Waals surface area contributed by atoms with Crippen LogP contribution < -0.4 is 10.6 Å². The van der Waals surface area contributed by atoms with Gasteiger partial charge in [0.2, 0.25) is 0 Å². The smallest absolute Gasteiger partial charge is 0.319 e. The highest BCUT2D eigenvalue weighted by Crippen LogP contribution is 2.12. The quantitative estimate of drug-likeness (QED) is 0.359. The summed E-state index contributed by atoms with van der Waals surface area (Å²) in [6, 6.07) is 0. The fourth-order valence-corrected chi connectivity index (χ4v) is 2.09. The zero-order chi connectivity index (χ0) is 17.8. The van der Waals surface area contributed by atoms with E-state index in [9.17, 15) is 8.78 Å². The van der Waals surface area contributed by atoms with Gasteiger partial charge >= 0.3 is 6.55 Å². The summed E-state index contributed by atoms with van der Waals surface area (Å²) in [5, 5.41) is 6.29. The molecule has 2 N–H and O–H groups in total. The Balaban J connectivity index is 2.44. The molecule has 0 aliphatic carbocycles. The first-order valence-corrected chi connectivity index (χ1v) is 8.08. The lowest BCUT2D eigenvalue weighted by molar-refractivity contribution is 0.0671. The van der Waals surface area contributed by atoms with Gasteiger partial charge in [-0.25, -0.2) is 9.98 Å². The second-order valence-corrected chi connectivity index (χ2v) is 5.30. The summed E-state index contributed by atoms with van der Waals surface area (Å²) in [7, 11) is 3.74. The number of aliphatic imine (C=N–C) groups is 1. The van der Waals surface area contributed by atoms with Crippen LogP contribution in [-0.4, -0.2) is 67.4 Å². The van der Waals surface area contributed by atoms with Crippen LogP contribution in [-0.2, 0) is 11.3 Å².